The molecule has 0 fully saturated rings. The third-order valence-corrected chi connectivity index (χ3v) is 3.13. The molecule has 3 aromatic rings. The van der Waals surface area contributed by atoms with Gasteiger partial charge in [-0.25, -0.2) is 4.39 Å². The molecule has 0 aliphatic heterocycles. The number of hydrogen-bond donors (Lipinski definition) is 1. The van der Waals surface area contributed by atoms with Gasteiger partial charge < -0.3 is 9.73 Å². The lowest BCUT2D eigenvalue weighted by atomic mass is 10.1. The molecule has 0 aliphatic carbocycles. The molecule has 1 N–H and O–H groups in total. The molecule has 0 saturated heterocycles. The highest BCUT2D eigenvalue weighted by atomic mass is 19.1. The number of rotatable bonds is 2. The summed E-state index contributed by atoms with van der Waals surface area (Å²) in [5, 5.41) is 3.53. The van der Waals surface area contributed by atoms with Crippen molar-refractivity contribution in [2.24, 2.45) is 0 Å². The third-order valence-electron chi connectivity index (χ3n) is 3.13. The van der Waals surface area contributed by atoms with Crippen LogP contribution in [-0.4, -0.2) is 5.91 Å². The van der Waals surface area contributed by atoms with Gasteiger partial charge in [-0.2, -0.15) is 0 Å². The number of amides is 1. The van der Waals surface area contributed by atoms with E-state index in [1.807, 2.05) is 25.1 Å². The topological polar surface area (TPSA) is 42.2 Å². The smallest absolute Gasteiger partial charge is 0.291 e. The highest BCUT2D eigenvalue weighted by Crippen LogP contribution is 2.25. The first-order valence-electron chi connectivity index (χ1n) is 6.20. The van der Waals surface area contributed by atoms with E-state index in [2.05, 4.69) is 5.32 Å². The van der Waals surface area contributed by atoms with Crippen LogP contribution in [0.4, 0.5) is 10.1 Å². The Morgan fingerprint density at radius 3 is 2.70 bits per heavy atom. The molecule has 0 bridgehead atoms. The number of halogens is 1. The minimum absolute atomic E-state index is 0.246. The molecule has 0 saturated carbocycles. The largest absolute Gasteiger partial charge is 0.451 e. The van der Waals surface area contributed by atoms with Crippen molar-refractivity contribution in [3.8, 4) is 0 Å². The van der Waals surface area contributed by atoms with Crippen LogP contribution in [0, 0.1) is 12.7 Å². The fourth-order valence-electron chi connectivity index (χ4n) is 2.15. The summed E-state index contributed by atoms with van der Waals surface area (Å²) in [7, 11) is 0. The lowest BCUT2D eigenvalue weighted by Crippen LogP contribution is -2.12. The zero-order chi connectivity index (χ0) is 14.1. The highest BCUT2D eigenvalue weighted by Gasteiger charge is 2.17. The van der Waals surface area contributed by atoms with E-state index in [4.69, 9.17) is 4.42 Å². The average molecular weight is 269 g/mol. The maximum absolute atomic E-state index is 13.1. The molecule has 4 heteroatoms. The van der Waals surface area contributed by atoms with E-state index in [0.717, 1.165) is 10.9 Å². The Labute approximate surface area is 115 Å². The van der Waals surface area contributed by atoms with Crippen molar-refractivity contribution in [3.05, 3.63) is 65.7 Å². The van der Waals surface area contributed by atoms with Crippen molar-refractivity contribution in [3.63, 3.8) is 0 Å². The van der Waals surface area contributed by atoms with Crippen LogP contribution in [0.15, 0.2) is 52.9 Å². The molecule has 0 atom stereocenters. The Kier molecular flexibility index (Phi) is 2.99. The summed E-state index contributed by atoms with van der Waals surface area (Å²) in [5.74, 6) is -0.538. The fraction of sp³-hybridized carbons (Fsp3) is 0.0625. The number of carbonyl (C=O) groups is 1. The second-order valence-corrected chi connectivity index (χ2v) is 4.52. The quantitative estimate of drug-likeness (QED) is 0.760. The van der Waals surface area contributed by atoms with Gasteiger partial charge in [0.1, 0.15) is 11.4 Å². The van der Waals surface area contributed by atoms with Crippen LogP contribution in [0.5, 0.6) is 0 Å². The van der Waals surface area contributed by atoms with Crippen molar-refractivity contribution in [1.29, 1.82) is 0 Å². The molecular formula is C16H12FNO2. The van der Waals surface area contributed by atoms with E-state index in [-0.39, 0.29) is 11.7 Å². The first-order valence-corrected chi connectivity index (χ1v) is 6.20. The molecule has 2 aromatic carbocycles. The van der Waals surface area contributed by atoms with Gasteiger partial charge in [-0.15, -0.1) is 0 Å². The summed E-state index contributed by atoms with van der Waals surface area (Å²) < 4.78 is 18.6. The van der Waals surface area contributed by atoms with Gasteiger partial charge in [0.15, 0.2) is 5.76 Å². The van der Waals surface area contributed by atoms with Gasteiger partial charge in [-0.05, 0) is 31.2 Å². The number of para-hydroxylation sites is 1. The number of hydrogen-bond acceptors (Lipinski definition) is 2. The number of aryl methyl sites for hydroxylation is 1. The number of furan rings is 1. The van der Waals surface area contributed by atoms with Crippen LogP contribution in [0.2, 0.25) is 0 Å². The van der Waals surface area contributed by atoms with Crippen LogP contribution in [-0.2, 0) is 0 Å². The molecule has 3 rings (SSSR count). The van der Waals surface area contributed by atoms with Crippen LogP contribution >= 0.6 is 0 Å². The van der Waals surface area contributed by atoms with E-state index in [1.54, 1.807) is 12.1 Å². The van der Waals surface area contributed by atoms with Gasteiger partial charge in [-0.3, -0.25) is 4.79 Å². The van der Waals surface area contributed by atoms with Crippen molar-refractivity contribution >= 4 is 22.6 Å². The summed E-state index contributed by atoms with van der Waals surface area (Å²) in [6, 6.07) is 13.2. The molecule has 20 heavy (non-hydrogen) atoms. The van der Waals surface area contributed by atoms with Crippen molar-refractivity contribution < 1.29 is 13.6 Å². The van der Waals surface area contributed by atoms with Gasteiger partial charge in [-0.1, -0.05) is 24.3 Å². The molecule has 100 valence electrons. The number of nitrogens with one attached hydrogen (secondary N) is 1. The Bertz CT molecular complexity index is 792. The molecule has 0 aliphatic rings. The van der Waals surface area contributed by atoms with Gasteiger partial charge in [0.25, 0.3) is 5.91 Å². The Morgan fingerprint density at radius 1 is 1.15 bits per heavy atom. The summed E-state index contributed by atoms with van der Waals surface area (Å²) in [6.07, 6.45) is 0. The minimum atomic E-state index is -0.399. The van der Waals surface area contributed by atoms with Crippen LogP contribution < -0.4 is 5.32 Å². The SMILES string of the molecule is Cc1c(C(=O)Nc2cccc(F)c2)oc2ccccc12. The fourth-order valence-corrected chi connectivity index (χ4v) is 2.15. The Morgan fingerprint density at radius 2 is 1.95 bits per heavy atom. The van der Waals surface area contributed by atoms with E-state index in [1.165, 1.54) is 18.2 Å². The van der Waals surface area contributed by atoms with Crippen LogP contribution in [0.1, 0.15) is 16.1 Å². The van der Waals surface area contributed by atoms with E-state index in [9.17, 15) is 9.18 Å². The number of anilines is 1. The first kappa shape index (κ1) is 12.4. The summed E-state index contributed by atoms with van der Waals surface area (Å²) in [4.78, 5) is 12.2. The lowest BCUT2D eigenvalue weighted by molar-refractivity contribution is 0.0998. The second-order valence-electron chi connectivity index (χ2n) is 4.52. The minimum Gasteiger partial charge on any atom is -0.451 e. The Balaban J connectivity index is 1.95. The third kappa shape index (κ3) is 2.16. The maximum Gasteiger partial charge on any atom is 0.291 e. The molecule has 0 spiro atoms. The standard InChI is InChI=1S/C16H12FNO2/c1-10-13-7-2-3-8-14(13)20-15(10)16(19)18-12-6-4-5-11(17)9-12/h2-9H,1H3,(H,18,19). The molecule has 3 nitrogen and oxygen atoms in total. The van der Waals surface area contributed by atoms with E-state index >= 15 is 0 Å². The van der Waals surface area contributed by atoms with E-state index < -0.39 is 5.82 Å². The summed E-state index contributed by atoms with van der Waals surface area (Å²) >= 11 is 0. The highest BCUT2D eigenvalue weighted by molar-refractivity contribution is 6.06. The van der Waals surface area contributed by atoms with Gasteiger partial charge >= 0.3 is 0 Å². The molecule has 1 heterocycles. The van der Waals surface area contributed by atoms with Crippen LogP contribution in [0.3, 0.4) is 0 Å². The normalized spacial score (nSPS) is 10.7. The monoisotopic (exact) mass is 269 g/mol. The first-order chi connectivity index (χ1) is 9.65. The van der Waals surface area contributed by atoms with Crippen molar-refractivity contribution in [2.75, 3.05) is 5.32 Å². The average Bonchev–Trinajstić information content (AvgIpc) is 2.77. The predicted octanol–water partition coefficient (Wildman–Crippen LogP) is 4.13. The zero-order valence-corrected chi connectivity index (χ0v) is 10.8. The van der Waals surface area contributed by atoms with Crippen LogP contribution in [0.25, 0.3) is 11.0 Å². The van der Waals surface area contributed by atoms with Gasteiger partial charge in [0.05, 0.1) is 0 Å². The molecule has 0 radical (unpaired) electrons. The van der Waals surface area contributed by atoms with Gasteiger partial charge in [0, 0.05) is 16.6 Å². The molecule has 1 aromatic heterocycles. The second kappa shape index (κ2) is 4.81. The Hall–Kier alpha value is -2.62. The van der Waals surface area contributed by atoms with E-state index in [0.29, 0.717) is 11.3 Å². The molecular weight excluding hydrogens is 257 g/mol. The van der Waals surface area contributed by atoms with Gasteiger partial charge in [0.2, 0.25) is 0 Å². The molecule has 0 unspecified atom stereocenters. The maximum atomic E-state index is 13.1. The lowest BCUT2D eigenvalue weighted by Gasteiger charge is -2.03. The van der Waals surface area contributed by atoms with Crippen molar-refractivity contribution in [2.45, 2.75) is 6.92 Å². The summed E-state index contributed by atoms with van der Waals surface area (Å²) in [5.41, 5.74) is 1.83. The predicted molar refractivity (Wildman–Crippen MR) is 75.3 cm³/mol. The number of fused-ring (bicyclic) bond motifs is 1. The van der Waals surface area contributed by atoms with Crippen molar-refractivity contribution in [1.82, 2.24) is 0 Å². The summed E-state index contributed by atoms with van der Waals surface area (Å²) in [6.45, 7) is 1.83. The number of carbonyl (C=O) groups excluding carboxylic acids is 1. The number of benzene rings is 2. The zero-order valence-electron chi connectivity index (χ0n) is 10.8. The molecule has 1 amide bonds.